The maximum atomic E-state index is 3.56. The molecular weight excluding hydrogens is 849 g/mol. The molecule has 0 amide bonds. The van der Waals surface area contributed by atoms with Gasteiger partial charge in [-0.25, -0.2) is 0 Å². The van der Waals surface area contributed by atoms with Gasteiger partial charge in [0.15, 0.2) is 0 Å². The first-order chi connectivity index (χ1) is 34.7. The van der Waals surface area contributed by atoms with E-state index in [2.05, 4.69) is 311 Å². The number of nitrogens with one attached hydrogen (secondary N) is 1. The summed E-state index contributed by atoms with van der Waals surface area (Å²) in [6.45, 7) is 0. The van der Waals surface area contributed by atoms with E-state index in [9.17, 15) is 0 Å². The van der Waals surface area contributed by atoms with E-state index in [0.29, 0.717) is 0 Å². The van der Waals surface area contributed by atoms with E-state index < -0.39 is 0 Å². The number of benzene rings is 11. The lowest BCUT2D eigenvalue weighted by molar-refractivity contribution is 1.22. The van der Waals surface area contributed by atoms with Crippen molar-refractivity contribution in [2.75, 3.05) is 20.0 Å². The van der Waals surface area contributed by atoms with Crippen molar-refractivity contribution in [1.82, 2.24) is 0 Å². The minimum atomic E-state index is 0.985. The van der Waals surface area contributed by atoms with Gasteiger partial charge in [0.05, 0.1) is 17.1 Å². The highest BCUT2D eigenvalue weighted by Crippen LogP contribution is 2.41. The average Bonchev–Trinajstić information content (AvgIpc) is 3.43. The molecule has 70 heavy (non-hydrogen) atoms. The third-order valence-corrected chi connectivity index (χ3v) is 12.7. The Morgan fingerprint density at radius 2 is 0.714 bits per heavy atom. The molecule has 1 N–H and O–H groups in total. The van der Waals surface area contributed by atoms with Crippen LogP contribution in [-0.2, 0) is 0 Å². The molecule has 0 aliphatic heterocycles. The molecule has 4 nitrogen and oxygen atoms in total. The van der Waals surface area contributed by atoms with Gasteiger partial charge in [0.1, 0.15) is 0 Å². The van der Waals surface area contributed by atoms with Crippen molar-refractivity contribution in [3.05, 3.63) is 303 Å². The van der Waals surface area contributed by atoms with E-state index in [1.165, 1.54) is 32.3 Å². The van der Waals surface area contributed by atoms with Gasteiger partial charge in [0.2, 0.25) is 0 Å². The first-order valence-corrected chi connectivity index (χ1v) is 23.8. The third-order valence-electron chi connectivity index (χ3n) is 12.7. The van der Waals surface area contributed by atoms with Crippen LogP contribution in [0.3, 0.4) is 0 Å². The second kappa shape index (κ2) is 20.2. The van der Waals surface area contributed by atoms with Gasteiger partial charge in [-0.15, -0.1) is 0 Å². The van der Waals surface area contributed by atoms with Crippen molar-refractivity contribution in [2.24, 2.45) is 0 Å². The zero-order chi connectivity index (χ0) is 46.9. The van der Waals surface area contributed by atoms with E-state index >= 15 is 0 Å². The molecule has 0 aromatic heterocycles. The summed E-state index contributed by atoms with van der Waals surface area (Å²) in [6, 6.07) is 94.5. The molecule has 0 bridgehead atoms. The van der Waals surface area contributed by atoms with Crippen LogP contribution in [0.15, 0.2) is 297 Å². The molecule has 0 atom stereocenters. The van der Waals surface area contributed by atoms with Gasteiger partial charge in [0, 0.05) is 62.2 Å². The van der Waals surface area contributed by atoms with Gasteiger partial charge >= 0.3 is 0 Å². The van der Waals surface area contributed by atoms with Crippen LogP contribution in [-0.4, -0.2) is 0 Å². The van der Waals surface area contributed by atoms with Gasteiger partial charge < -0.3 is 20.0 Å². The fourth-order valence-electron chi connectivity index (χ4n) is 9.34. The fraction of sp³-hybridized carbons (Fsp3) is 0. The van der Waals surface area contributed by atoms with Gasteiger partial charge in [-0.05, 0) is 131 Å². The molecule has 334 valence electrons. The molecule has 0 heterocycles. The summed E-state index contributed by atoms with van der Waals surface area (Å²) < 4.78 is 0. The van der Waals surface area contributed by atoms with Gasteiger partial charge in [0.25, 0.3) is 0 Å². The minimum Gasteiger partial charge on any atom is -0.362 e. The Hall–Kier alpha value is -9.38. The quantitative estimate of drug-likeness (QED) is 0.110. The Morgan fingerprint density at radius 3 is 1.21 bits per heavy atom. The van der Waals surface area contributed by atoms with Crippen molar-refractivity contribution in [3.63, 3.8) is 0 Å². The first-order valence-electron chi connectivity index (χ1n) is 23.8. The number of hydrogen-bond donors (Lipinski definition) is 1. The summed E-state index contributed by atoms with van der Waals surface area (Å²) in [4.78, 5) is 7.01. The summed E-state index contributed by atoms with van der Waals surface area (Å²) in [7, 11) is 0. The van der Waals surface area contributed by atoms with E-state index in [1.54, 1.807) is 0 Å². The van der Waals surface area contributed by atoms with E-state index in [1.807, 2.05) is 6.20 Å². The lowest BCUT2D eigenvalue weighted by Crippen LogP contribution is -2.15. The van der Waals surface area contributed by atoms with Crippen molar-refractivity contribution in [2.45, 2.75) is 0 Å². The molecule has 0 radical (unpaired) electrons. The Bertz CT molecular complexity index is 3600. The molecule has 0 spiro atoms. The molecule has 0 unspecified atom stereocenters. The summed E-state index contributed by atoms with van der Waals surface area (Å²) in [5.41, 5.74) is 11.9. The molecular formula is C66H50N4. The maximum absolute atomic E-state index is 3.56. The number of allylic oxidation sites excluding steroid dienone is 3. The molecule has 4 heteroatoms. The number of anilines is 9. The van der Waals surface area contributed by atoms with Crippen molar-refractivity contribution in [1.29, 1.82) is 0 Å². The maximum Gasteiger partial charge on any atom is 0.0540 e. The lowest BCUT2D eigenvalue weighted by Gasteiger charge is -2.28. The SMILES string of the molecule is C(=C/c1ccc(N(c2ccccc2)c2cccc3ccccc23)cc1)/C(=C\C=C\Nc1ccc(N(c2ccccc2)c2cccc3ccccc23)cc1)N(c1ccccc1)c1cccc2ccccc12. The molecule has 0 aliphatic carbocycles. The van der Waals surface area contributed by atoms with Gasteiger partial charge in [-0.3, -0.25) is 0 Å². The predicted molar refractivity (Wildman–Crippen MR) is 300 cm³/mol. The van der Waals surface area contributed by atoms with Crippen LogP contribution in [0.5, 0.6) is 0 Å². The number of fused-ring (bicyclic) bond motifs is 3. The normalized spacial score (nSPS) is 11.7. The topological polar surface area (TPSA) is 21.8 Å². The van der Waals surface area contributed by atoms with E-state index in [4.69, 9.17) is 0 Å². The second-order valence-corrected chi connectivity index (χ2v) is 17.1. The monoisotopic (exact) mass is 898 g/mol. The molecule has 0 aliphatic rings. The number of para-hydroxylation sites is 3. The van der Waals surface area contributed by atoms with Gasteiger partial charge in [-0.1, -0.05) is 182 Å². The molecule has 11 aromatic carbocycles. The van der Waals surface area contributed by atoms with E-state index in [0.717, 1.165) is 62.4 Å². The van der Waals surface area contributed by atoms with Crippen molar-refractivity contribution >= 4 is 89.6 Å². The van der Waals surface area contributed by atoms with Crippen LogP contribution < -0.4 is 20.0 Å². The van der Waals surface area contributed by atoms with Crippen molar-refractivity contribution in [3.8, 4) is 0 Å². The van der Waals surface area contributed by atoms with Crippen LogP contribution in [0.25, 0.3) is 38.4 Å². The van der Waals surface area contributed by atoms with Crippen LogP contribution in [0.2, 0.25) is 0 Å². The number of rotatable bonds is 14. The average molecular weight is 899 g/mol. The van der Waals surface area contributed by atoms with Crippen molar-refractivity contribution < 1.29 is 0 Å². The summed E-state index contributed by atoms with van der Waals surface area (Å²) in [6.07, 6.45) is 10.7. The largest absolute Gasteiger partial charge is 0.362 e. The number of hydrogen-bond acceptors (Lipinski definition) is 4. The Balaban J connectivity index is 0.933. The Morgan fingerprint density at radius 1 is 0.329 bits per heavy atom. The summed E-state index contributed by atoms with van der Waals surface area (Å²) in [5, 5.41) is 10.7. The highest BCUT2D eigenvalue weighted by molar-refractivity contribution is 6.01. The predicted octanol–water partition coefficient (Wildman–Crippen LogP) is 18.4. The summed E-state index contributed by atoms with van der Waals surface area (Å²) >= 11 is 0. The minimum absolute atomic E-state index is 0.985. The van der Waals surface area contributed by atoms with Crippen LogP contribution in [0.1, 0.15) is 5.56 Å². The molecule has 0 saturated carbocycles. The van der Waals surface area contributed by atoms with Crippen LogP contribution in [0, 0.1) is 0 Å². The molecule has 0 fully saturated rings. The Kier molecular flexibility index (Phi) is 12.5. The Labute approximate surface area is 410 Å². The third kappa shape index (κ3) is 9.18. The lowest BCUT2D eigenvalue weighted by atomic mass is 10.1. The second-order valence-electron chi connectivity index (χ2n) is 17.1. The van der Waals surface area contributed by atoms with E-state index in [-0.39, 0.29) is 0 Å². The summed E-state index contributed by atoms with van der Waals surface area (Å²) in [5.74, 6) is 0. The first kappa shape index (κ1) is 43.2. The van der Waals surface area contributed by atoms with Crippen LogP contribution >= 0.6 is 0 Å². The molecule has 11 rings (SSSR count). The zero-order valence-electron chi connectivity index (χ0n) is 38.6. The molecule has 11 aromatic rings. The smallest absolute Gasteiger partial charge is 0.0540 e. The fourth-order valence-corrected chi connectivity index (χ4v) is 9.34. The number of nitrogens with zero attached hydrogens (tertiary/aromatic N) is 3. The zero-order valence-corrected chi connectivity index (χ0v) is 38.6. The standard InChI is InChI=1S/C66H50N4/c1-4-26-55(27-5-1)68(64-36-16-23-51-20-10-13-33-61(51)64)58(44-39-50-40-45-59(46-41-50)69(56-28-6-2-7-29-56)65-37-17-24-52-21-11-14-34-62(52)65)32-19-49-67-54-42-47-60(48-43-54)70(57-30-8-3-9-31-57)66-38-18-25-53-22-12-15-35-63(53)66/h1-49,67H/b44-39-,49-19+,58-32+. The molecule has 0 saturated heterocycles. The van der Waals surface area contributed by atoms with Gasteiger partial charge in [-0.2, -0.15) is 0 Å². The highest BCUT2D eigenvalue weighted by Gasteiger charge is 2.18. The van der Waals surface area contributed by atoms with Crippen LogP contribution in [0.4, 0.5) is 51.2 Å². The highest BCUT2D eigenvalue weighted by atomic mass is 15.2.